The standard InChI is InChI=1S/C31H46N6O2/c1-9-37(25-12-10-24(11-13-25)35(6)7)29-16-23(28-18-33-36(8)22(28)5)15-26(21(29)4)30(38)32-17-27-19(2)14-20(3)34-31(27)39/h14-16,18,24-25,31,34,39H,9-13,17H2,1-8H3,(H,32,38)/t24-,25-,31?. The maximum absolute atomic E-state index is 13.7. The third-order valence-corrected chi connectivity index (χ3v) is 8.73. The highest BCUT2D eigenvalue weighted by Crippen LogP contribution is 2.36. The van der Waals surface area contributed by atoms with Crippen molar-refractivity contribution in [1.82, 2.24) is 25.3 Å². The molecule has 1 atom stereocenters. The molecular formula is C31H46N6O2. The van der Waals surface area contributed by atoms with E-state index in [2.05, 4.69) is 66.5 Å². The van der Waals surface area contributed by atoms with Crippen LogP contribution in [0.25, 0.3) is 11.1 Å². The molecule has 212 valence electrons. The number of allylic oxidation sites excluding steroid dienone is 3. The predicted octanol–water partition coefficient (Wildman–Crippen LogP) is 4.27. The van der Waals surface area contributed by atoms with Gasteiger partial charge in [-0.05, 0) is 109 Å². The van der Waals surface area contributed by atoms with Gasteiger partial charge in [-0.3, -0.25) is 9.48 Å². The summed E-state index contributed by atoms with van der Waals surface area (Å²) in [5.74, 6) is -0.136. The smallest absolute Gasteiger partial charge is 0.251 e. The summed E-state index contributed by atoms with van der Waals surface area (Å²) < 4.78 is 1.87. The van der Waals surface area contributed by atoms with Crippen molar-refractivity contribution in [2.45, 2.75) is 78.6 Å². The molecule has 8 nitrogen and oxygen atoms in total. The first-order valence-corrected chi connectivity index (χ1v) is 14.2. The highest BCUT2D eigenvalue weighted by Gasteiger charge is 2.29. The first kappa shape index (κ1) is 28.9. The number of carbonyl (C=O) groups excluding carboxylic acids is 1. The van der Waals surface area contributed by atoms with E-state index in [9.17, 15) is 9.90 Å². The van der Waals surface area contributed by atoms with Gasteiger partial charge in [0.25, 0.3) is 5.91 Å². The summed E-state index contributed by atoms with van der Waals surface area (Å²) in [6.07, 6.45) is 7.72. The number of nitrogens with one attached hydrogen (secondary N) is 2. The Morgan fingerprint density at radius 2 is 1.79 bits per heavy atom. The van der Waals surface area contributed by atoms with Gasteiger partial charge in [-0.2, -0.15) is 5.10 Å². The molecule has 1 fully saturated rings. The Labute approximate surface area is 233 Å². The van der Waals surface area contributed by atoms with Gasteiger partial charge < -0.3 is 25.5 Å². The normalized spacial score (nSPS) is 21.6. The fourth-order valence-electron chi connectivity index (χ4n) is 6.17. The Balaban J connectivity index is 1.69. The zero-order valence-corrected chi connectivity index (χ0v) is 24.9. The van der Waals surface area contributed by atoms with Crippen LogP contribution in [0.2, 0.25) is 0 Å². The maximum atomic E-state index is 13.7. The summed E-state index contributed by atoms with van der Waals surface area (Å²) in [5, 5.41) is 21.1. The maximum Gasteiger partial charge on any atom is 0.251 e. The van der Waals surface area contributed by atoms with E-state index in [1.165, 1.54) is 12.8 Å². The number of benzene rings is 1. The van der Waals surface area contributed by atoms with Crippen LogP contribution >= 0.6 is 0 Å². The van der Waals surface area contributed by atoms with Gasteiger partial charge in [0.05, 0.1) is 6.20 Å². The molecule has 1 aromatic heterocycles. The van der Waals surface area contributed by atoms with Crippen LogP contribution in [0.1, 0.15) is 68.1 Å². The minimum absolute atomic E-state index is 0.136. The number of aryl methyl sites for hydroxylation is 1. The summed E-state index contributed by atoms with van der Waals surface area (Å²) in [6, 6.07) is 5.31. The van der Waals surface area contributed by atoms with Gasteiger partial charge in [0.15, 0.2) is 0 Å². The lowest BCUT2D eigenvalue weighted by Gasteiger charge is -2.40. The predicted molar refractivity (Wildman–Crippen MR) is 159 cm³/mol. The molecule has 8 heteroatoms. The molecule has 1 aliphatic heterocycles. The summed E-state index contributed by atoms with van der Waals surface area (Å²) in [6.45, 7) is 11.4. The van der Waals surface area contributed by atoms with Crippen molar-refractivity contribution < 1.29 is 9.90 Å². The van der Waals surface area contributed by atoms with Crippen molar-refractivity contribution in [2.24, 2.45) is 7.05 Å². The third-order valence-electron chi connectivity index (χ3n) is 8.73. The molecule has 39 heavy (non-hydrogen) atoms. The van der Waals surface area contributed by atoms with Crippen molar-refractivity contribution in [1.29, 1.82) is 0 Å². The van der Waals surface area contributed by atoms with E-state index in [1.54, 1.807) is 0 Å². The number of hydrogen-bond donors (Lipinski definition) is 3. The van der Waals surface area contributed by atoms with Crippen LogP contribution in [0.5, 0.6) is 0 Å². The van der Waals surface area contributed by atoms with Crippen molar-refractivity contribution in [3.05, 3.63) is 58.1 Å². The number of hydrogen-bond acceptors (Lipinski definition) is 6. The molecule has 0 spiro atoms. The van der Waals surface area contributed by atoms with Crippen LogP contribution in [-0.4, -0.2) is 71.2 Å². The van der Waals surface area contributed by atoms with Crippen LogP contribution in [0, 0.1) is 13.8 Å². The van der Waals surface area contributed by atoms with E-state index in [0.29, 0.717) is 17.6 Å². The van der Waals surface area contributed by atoms with Crippen molar-refractivity contribution in [2.75, 3.05) is 32.1 Å². The first-order valence-electron chi connectivity index (χ1n) is 14.2. The lowest BCUT2D eigenvalue weighted by atomic mass is 9.88. The highest BCUT2D eigenvalue weighted by molar-refractivity contribution is 5.99. The van der Waals surface area contributed by atoms with Crippen LogP contribution in [0.4, 0.5) is 5.69 Å². The lowest BCUT2D eigenvalue weighted by molar-refractivity contribution is 0.0952. The third kappa shape index (κ3) is 6.07. The SMILES string of the molecule is CCN(c1cc(-c2cnn(C)c2C)cc(C(=O)NCC2=C(C)C=C(C)NC2O)c1C)[C@H]1CC[C@H](N(C)C)CC1. The molecule has 0 bridgehead atoms. The molecule has 4 rings (SSSR count). The minimum atomic E-state index is -0.802. The minimum Gasteiger partial charge on any atom is -0.370 e. The molecule has 1 amide bonds. The van der Waals surface area contributed by atoms with Crippen molar-refractivity contribution in [3.63, 3.8) is 0 Å². The number of nitrogens with zero attached hydrogens (tertiary/aromatic N) is 4. The van der Waals surface area contributed by atoms with Crippen LogP contribution in [0.3, 0.4) is 0 Å². The lowest BCUT2D eigenvalue weighted by Crippen LogP contribution is -2.42. The molecule has 2 heterocycles. The number of aliphatic hydroxyl groups excluding tert-OH is 1. The summed E-state index contributed by atoms with van der Waals surface area (Å²) in [7, 11) is 6.29. The second kappa shape index (κ2) is 12.0. The Morgan fingerprint density at radius 3 is 2.36 bits per heavy atom. The first-order chi connectivity index (χ1) is 18.5. The summed E-state index contributed by atoms with van der Waals surface area (Å²) in [4.78, 5) is 18.6. The highest BCUT2D eigenvalue weighted by atomic mass is 16.3. The monoisotopic (exact) mass is 534 g/mol. The molecule has 2 aromatic rings. The van der Waals surface area contributed by atoms with E-state index >= 15 is 0 Å². The van der Waals surface area contributed by atoms with E-state index in [4.69, 9.17) is 0 Å². The second-order valence-electron chi connectivity index (χ2n) is 11.4. The molecule has 0 radical (unpaired) electrons. The Bertz CT molecular complexity index is 1270. The van der Waals surface area contributed by atoms with Gasteiger partial charge in [-0.15, -0.1) is 0 Å². The fourth-order valence-corrected chi connectivity index (χ4v) is 6.17. The average Bonchev–Trinajstić information content (AvgIpc) is 3.22. The fraction of sp³-hybridized carbons (Fsp3) is 0.548. The number of aliphatic hydroxyl groups is 1. The number of rotatable bonds is 8. The Hall–Kier alpha value is -3.10. The van der Waals surface area contributed by atoms with Crippen LogP contribution < -0.4 is 15.5 Å². The van der Waals surface area contributed by atoms with Crippen LogP contribution in [-0.2, 0) is 7.05 Å². The molecule has 0 saturated heterocycles. The Morgan fingerprint density at radius 1 is 1.13 bits per heavy atom. The molecule has 1 unspecified atom stereocenters. The van der Waals surface area contributed by atoms with Gasteiger partial charge in [-0.25, -0.2) is 0 Å². The van der Waals surface area contributed by atoms with Gasteiger partial charge in [0, 0.05) is 66.0 Å². The van der Waals surface area contributed by atoms with Gasteiger partial charge in [0.1, 0.15) is 6.23 Å². The average molecular weight is 535 g/mol. The largest absolute Gasteiger partial charge is 0.370 e. The number of anilines is 1. The van der Waals surface area contributed by atoms with E-state index in [1.807, 2.05) is 43.9 Å². The van der Waals surface area contributed by atoms with E-state index in [0.717, 1.165) is 64.3 Å². The van der Waals surface area contributed by atoms with Gasteiger partial charge in [0.2, 0.25) is 0 Å². The van der Waals surface area contributed by atoms with Gasteiger partial charge >= 0.3 is 0 Å². The Kier molecular flexibility index (Phi) is 8.86. The van der Waals surface area contributed by atoms with Crippen molar-refractivity contribution in [3.8, 4) is 11.1 Å². The second-order valence-corrected chi connectivity index (χ2v) is 11.4. The van der Waals surface area contributed by atoms with Crippen molar-refractivity contribution >= 4 is 11.6 Å². The number of dihydropyridines is 1. The summed E-state index contributed by atoms with van der Waals surface area (Å²) >= 11 is 0. The zero-order chi connectivity index (χ0) is 28.4. The molecule has 3 N–H and O–H groups in total. The molecule has 1 aliphatic carbocycles. The number of amides is 1. The molecule has 1 saturated carbocycles. The molecular weight excluding hydrogens is 488 g/mol. The van der Waals surface area contributed by atoms with E-state index in [-0.39, 0.29) is 12.5 Å². The molecule has 2 aliphatic rings. The molecule has 1 aromatic carbocycles. The quantitative estimate of drug-likeness (QED) is 0.469. The van der Waals surface area contributed by atoms with E-state index < -0.39 is 6.23 Å². The van der Waals surface area contributed by atoms with Gasteiger partial charge in [-0.1, -0.05) is 0 Å². The summed E-state index contributed by atoms with van der Waals surface area (Å²) in [5.41, 5.74) is 8.52. The number of aromatic nitrogens is 2. The van der Waals surface area contributed by atoms with Crippen LogP contribution in [0.15, 0.2) is 41.2 Å². The topological polar surface area (TPSA) is 85.7 Å². The number of carbonyl (C=O) groups is 1. The zero-order valence-electron chi connectivity index (χ0n) is 24.9.